The molecule has 6 nitrogen and oxygen atoms in total. The Balaban J connectivity index is 0.00000288. The SMILES string of the molecule is CCC(C)C(N)C(=O)N1CCN(C(=O)c2ccccc2O)CC1.Cl. The van der Waals surface area contributed by atoms with Gasteiger partial charge in [0.05, 0.1) is 11.6 Å². The van der Waals surface area contributed by atoms with Crippen LogP contribution in [0.3, 0.4) is 0 Å². The minimum absolute atomic E-state index is 0. The van der Waals surface area contributed by atoms with Gasteiger partial charge in [-0.05, 0) is 18.1 Å². The summed E-state index contributed by atoms with van der Waals surface area (Å²) >= 11 is 0. The first-order chi connectivity index (χ1) is 11.0. The van der Waals surface area contributed by atoms with Crippen molar-refractivity contribution in [3.63, 3.8) is 0 Å². The first-order valence-corrected chi connectivity index (χ1v) is 8.07. The third kappa shape index (κ3) is 4.39. The number of nitrogens with two attached hydrogens (primary N) is 1. The minimum atomic E-state index is -0.486. The van der Waals surface area contributed by atoms with Gasteiger partial charge in [-0.25, -0.2) is 0 Å². The number of hydrogen-bond donors (Lipinski definition) is 2. The first-order valence-electron chi connectivity index (χ1n) is 8.07. The van der Waals surface area contributed by atoms with Gasteiger partial charge in [-0.1, -0.05) is 32.4 Å². The number of phenolic OH excluding ortho intramolecular Hbond substituents is 1. The molecule has 7 heteroatoms. The van der Waals surface area contributed by atoms with E-state index in [2.05, 4.69) is 0 Å². The number of hydrogen-bond acceptors (Lipinski definition) is 4. The number of amides is 2. The highest BCUT2D eigenvalue weighted by Crippen LogP contribution is 2.19. The average Bonchev–Trinajstić information content (AvgIpc) is 2.59. The zero-order valence-corrected chi connectivity index (χ0v) is 15.0. The molecule has 24 heavy (non-hydrogen) atoms. The largest absolute Gasteiger partial charge is 0.507 e. The van der Waals surface area contributed by atoms with Crippen LogP contribution in [0, 0.1) is 5.92 Å². The van der Waals surface area contributed by atoms with Gasteiger partial charge in [0.25, 0.3) is 5.91 Å². The molecule has 2 atom stereocenters. The predicted molar refractivity (Wildman–Crippen MR) is 95.3 cm³/mol. The van der Waals surface area contributed by atoms with E-state index >= 15 is 0 Å². The molecule has 1 aliphatic heterocycles. The molecular formula is C17H26ClN3O3. The Hall–Kier alpha value is -1.79. The monoisotopic (exact) mass is 355 g/mol. The van der Waals surface area contributed by atoms with Crippen molar-refractivity contribution in [1.29, 1.82) is 0 Å². The normalized spacial score (nSPS) is 17.0. The Kier molecular flexibility index (Phi) is 7.51. The van der Waals surface area contributed by atoms with Crippen molar-refractivity contribution in [3.05, 3.63) is 29.8 Å². The van der Waals surface area contributed by atoms with Crippen LogP contribution in [-0.4, -0.2) is 58.9 Å². The number of carbonyl (C=O) groups is 2. The summed E-state index contributed by atoms with van der Waals surface area (Å²) in [5, 5.41) is 9.78. The van der Waals surface area contributed by atoms with Crippen LogP contribution in [0.1, 0.15) is 30.6 Å². The molecule has 1 aromatic carbocycles. The number of carbonyl (C=O) groups excluding carboxylic acids is 2. The molecule has 1 aromatic rings. The molecule has 3 N–H and O–H groups in total. The van der Waals surface area contributed by atoms with Crippen LogP contribution in [0.15, 0.2) is 24.3 Å². The molecule has 2 rings (SSSR count). The quantitative estimate of drug-likeness (QED) is 0.856. The summed E-state index contributed by atoms with van der Waals surface area (Å²) in [6.45, 7) is 5.84. The van der Waals surface area contributed by atoms with E-state index in [0.29, 0.717) is 31.7 Å². The van der Waals surface area contributed by atoms with Gasteiger partial charge in [-0.3, -0.25) is 9.59 Å². The summed E-state index contributed by atoms with van der Waals surface area (Å²) in [5.41, 5.74) is 6.30. The Labute approximate surface area is 149 Å². The van der Waals surface area contributed by atoms with Gasteiger partial charge >= 0.3 is 0 Å². The highest BCUT2D eigenvalue weighted by atomic mass is 35.5. The second-order valence-electron chi connectivity index (χ2n) is 6.05. The summed E-state index contributed by atoms with van der Waals surface area (Å²) in [5.74, 6) is -0.131. The molecule has 1 heterocycles. The van der Waals surface area contributed by atoms with Gasteiger partial charge in [0.1, 0.15) is 5.75 Å². The average molecular weight is 356 g/mol. The van der Waals surface area contributed by atoms with E-state index in [9.17, 15) is 14.7 Å². The molecule has 0 bridgehead atoms. The van der Waals surface area contributed by atoms with Crippen molar-refractivity contribution in [2.75, 3.05) is 26.2 Å². The molecule has 2 unspecified atom stereocenters. The molecule has 134 valence electrons. The lowest BCUT2D eigenvalue weighted by Crippen LogP contribution is -2.55. The van der Waals surface area contributed by atoms with Crippen molar-refractivity contribution in [2.24, 2.45) is 11.7 Å². The van der Waals surface area contributed by atoms with Crippen LogP contribution in [0.5, 0.6) is 5.75 Å². The Morgan fingerprint density at radius 1 is 1.17 bits per heavy atom. The predicted octanol–water partition coefficient (Wildman–Crippen LogP) is 1.47. The van der Waals surface area contributed by atoms with Crippen LogP contribution in [0.4, 0.5) is 0 Å². The molecule has 0 saturated carbocycles. The summed E-state index contributed by atoms with van der Waals surface area (Å²) < 4.78 is 0. The van der Waals surface area contributed by atoms with Crippen LogP contribution >= 0.6 is 12.4 Å². The van der Waals surface area contributed by atoms with Gasteiger partial charge in [0, 0.05) is 26.2 Å². The van der Waals surface area contributed by atoms with Gasteiger partial charge in [0.15, 0.2) is 0 Å². The van der Waals surface area contributed by atoms with E-state index in [-0.39, 0.29) is 35.9 Å². The number of nitrogens with zero attached hydrogens (tertiary/aromatic N) is 2. The number of para-hydroxylation sites is 1. The zero-order valence-electron chi connectivity index (χ0n) is 14.1. The maximum Gasteiger partial charge on any atom is 0.257 e. The van der Waals surface area contributed by atoms with Crippen LogP contribution < -0.4 is 5.73 Å². The van der Waals surface area contributed by atoms with Gasteiger partial charge in [0.2, 0.25) is 5.91 Å². The highest BCUT2D eigenvalue weighted by Gasteiger charge is 2.29. The van der Waals surface area contributed by atoms with Crippen molar-refractivity contribution >= 4 is 24.2 Å². The number of piperazine rings is 1. The lowest BCUT2D eigenvalue weighted by molar-refractivity contribution is -0.135. The molecule has 1 aliphatic rings. The second-order valence-corrected chi connectivity index (χ2v) is 6.05. The van der Waals surface area contributed by atoms with Crippen molar-refractivity contribution in [3.8, 4) is 5.75 Å². The van der Waals surface area contributed by atoms with E-state index < -0.39 is 6.04 Å². The number of aromatic hydroxyl groups is 1. The number of halogens is 1. The van der Waals surface area contributed by atoms with E-state index in [1.165, 1.54) is 6.07 Å². The number of phenols is 1. The minimum Gasteiger partial charge on any atom is -0.507 e. The van der Waals surface area contributed by atoms with E-state index in [4.69, 9.17) is 5.73 Å². The summed E-state index contributed by atoms with van der Waals surface area (Å²) in [7, 11) is 0. The van der Waals surface area contributed by atoms with Crippen molar-refractivity contribution in [1.82, 2.24) is 9.80 Å². The van der Waals surface area contributed by atoms with Gasteiger partial charge < -0.3 is 20.6 Å². The summed E-state index contributed by atoms with van der Waals surface area (Å²) in [4.78, 5) is 28.2. The lowest BCUT2D eigenvalue weighted by Gasteiger charge is -2.36. The van der Waals surface area contributed by atoms with E-state index in [0.717, 1.165) is 6.42 Å². The molecule has 2 amide bonds. The maximum atomic E-state index is 12.4. The molecule has 1 fully saturated rings. The Bertz CT molecular complexity index is 574. The summed E-state index contributed by atoms with van der Waals surface area (Å²) in [6.07, 6.45) is 0.860. The second kappa shape index (κ2) is 8.89. The molecular weight excluding hydrogens is 330 g/mol. The van der Waals surface area contributed by atoms with Gasteiger partial charge in [-0.2, -0.15) is 0 Å². The smallest absolute Gasteiger partial charge is 0.257 e. The van der Waals surface area contributed by atoms with E-state index in [1.807, 2.05) is 13.8 Å². The molecule has 0 aromatic heterocycles. The third-order valence-electron chi connectivity index (χ3n) is 4.56. The van der Waals surface area contributed by atoms with Crippen molar-refractivity contribution in [2.45, 2.75) is 26.3 Å². The van der Waals surface area contributed by atoms with Crippen molar-refractivity contribution < 1.29 is 14.7 Å². The number of rotatable bonds is 4. The van der Waals surface area contributed by atoms with E-state index in [1.54, 1.807) is 28.0 Å². The summed E-state index contributed by atoms with van der Waals surface area (Å²) in [6, 6.07) is 6.02. The lowest BCUT2D eigenvalue weighted by atomic mass is 9.98. The first kappa shape index (κ1) is 20.3. The van der Waals surface area contributed by atoms with Crippen LogP contribution in [0.25, 0.3) is 0 Å². The number of benzene rings is 1. The molecule has 0 aliphatic carbocycles. The zero-order chi connectivity index (χ0) is 17.0. The fraction of sp³-hybridized carbons (Fsp3) is 0.529. The Morgan fingerprint density at radius 2 is 1.71 bits per heavy atom. The van der Waals surface area contributed by atoms with Crippen LogP contribution in [0.2, 0.25) is 0 Å². The highest BCUT2D eigenvalue weighted by molar-refractivity contribution is 5.97. The van der Waals surface area contributed by atoms with Crippen LogP contribution in [-0.2, 0) is 4.79 Å². The standard InChI is InChI=1S/C17H25N3O3.ClH/c1-3-12(2)15(18)17(23)20-10-8-19(9-11-20)16(22)13-6-4-5-7-14(13)21;/h4-7,12,15,21H,3,8-11,18H2,1-2H3;1H. The molecule has 1 saturated heterocycles. The topological polar surface area (TPSA) is 86.9 Å². The fourth-order valence-electron chi connectivity index (χ4n) is 2.66. The fourth-order valence-corrected chi connectivity index (χ4v) is 2.66. The molecule has 0 radical (unpaired) electrons. The van der Waals surface area contributed by atoms with Gasteiger partial charge in [-0.15, -0.1) is 12.4 Å². The maximum absolute atomic E-state index is 12.4. The Morgan fingerprint density at radius 3 is 2.25 bits per heavy atom. The molecule has 0 spiro atoms. The third-order valence-corrected chi connectivity index (χ3v) is 4.56.